The third-order valence-corrected chi connectivity index (χ3v) is 6.31. The maximum absolute atomic E-state index is 13.6. The van der Waals surface area contributed by atoms with Gasteiger partial charge in [0.15, 0.2) is 0 Å². The lowest BCUT2D eigenvalue weighted by Crippen LogP contribution is -2.47. The molecule has 1 aromatic carbocycles. The van der Waals surface area contributed by atoms with Crippen LogP contribution in [0.2, 0.25) is 0 Å². The van der Waals surface area contributed by atoms with Crippen LogP contribution >= 0.6 is 0 Å². The van der Waals surface area contributed by atoms with E-state index in [0.29, 0.717) is 25.9 Å². The van der Waals surface area contributed by atoms with Crippen LogP contribution in [0.4, 0.5) is 4.39 Å². The zero-order valence-corrected chi connectivity index (χ0v) is 16.0. The van der Waals surface area contributed by atoms with E-state index in [-0.39, 0.29) is 17.8 Å². The van der Waals surface area contributed by atoms with Gasteiger partial charge in [0.05, 0.1) is 11.7 Å². The number of nitrogens with one attached hydrogen (secondary N) is 1. The lowest BCUT2D eigenvalue weighted by atomic mass is 9.69. The van der Waals surface area contributed by atoms with Crippen molar-refractivity contribution in [1.29, 1.82) is 0 Å². The molecular formula is C19H27FN2O3S. The summed E-state index contributed by atoms with van der Waals surface area (Å²) in [6, 6.07) is 6.28. The largest absolute Gasteiger partial charge is 0.341 e. The van der Waals surface area contributed by atoms with Gasteiger partial charge in [0, 0.05) is 19.1 Å². The van der Waals surface area contributed by atoms with Gasteiger partial charge in [-0.2, -0.15) is 0 Å². The van der Waals surface area contributed by atoms with Crippen LogP contribution in [-0.2, 0) is 21.2 Å². The molecule has 26 heavy (non-hydrogen) atoms. The third-order valence-electron chi connectivity index (χ3n) is 5.55. The lowest BCUT2D eigenvalue weighted by Gasteiger charge is -2.39. The SMILES string of the molecule is CS(=O)(=O)N[C@@H]1CCN(C(=O)C2(Cc3cccc(F)c3)CCCCC2)C1. The second-order valence-electron chi connectivity index (χ2n) is 7.77. The van der Waals surface area contributed by atoms with Crippen LogP contribution in [-0.4, -0.2) is 44.6 Å². The molecule has 0 unspecified atom stereocenters. The maximum Gasteiger partial charge on any atom is 0.229 e. The molecule has 1 saturated carbocycles. The topological polar surface area (TPSA) is 66.5 Å². The number of rotatable bonds is 5. The summed E-state index contributed by atoms with van der Waals surface area (Å²) in [4.78, 5) is 15.2. The Morgan fingerprint density at radius 1 is 1.31 bits per heavy atom. The van der Waals surface area contributed by atoms with Crippen molar-refractivity contribution < 1.29 is 17.6 Å². The fraction of sp³-hybridized carbons (Fsp3) is 0.632. The molecule has 7 heteroatoms. The van der Waals surface area contributed by atoms with Crippen LogP contribution < -0.4 is 4.72 Å². The van der Waals surface area contributed by atoms with E-state index in [1.54, 1.807) is 11.0 Å². The van der Waals surface area contributed by atoms with Crippen molar-refractivity contribution in [2.75, 3.05) is 19.3 Å². The number of carbonyl (C=O) groups excluding carboxylic acids is 1. The average molecular weight is 383 g/mol. The van der Waals surface area contributed by atoms with Gasteiger partial charge < -0.3 is 4.90 Å². The van der Waals surface area contributed by atoms with Crippen molar-refractivity contribution in [2.24, 2.45) is 5.41 Å². The summed E-state index contributed by atoms with van der Waals surface area (Å²) < 4.78 is 39.1. The van der Waals surface area contributed by atoms with Gasteiger partial charge >= 0.3 is 0 Å². The minimum atomic E-state index is -3.28. The van der Waals surface area contributed by atoms with E-state index in [0.717, 1.165) is 43.9 Å². The van der Waals surface area contributed by atoms with Gasteiger partial charge in [-0.25, -0.2) is 17.5 Å². The second-order valence-corrected chi connectivity index (χ2v) is 9.55. The average Bonchev–Trinajstić information content (AvgIpc) is 3.01. The van der Waals surface area contributed by atoms with E-state index in [9.17, 15) is 17.6 Å². The Bertz CT molecular complexity index is 760. The van der Waals surface area contributed by atoms with Gasteiger partial charge in [-0.15, -0.1) is 0 Å². The zero-order valence-electron chi connectivity index (χ0n) is 15.2. The zero-order chi connectivity index (χ0) is 18.8. The Morgan fingerprint density at radius 3 is 2.69 bits per heavy atom. The van der Waals surface area contributed by atoms with Crippen LogP contribution in [0.5, 0.6) is 0 Å². The molecule has 1 amide bonds. The van der Waals surface area contributed by atoms with E-state index >= 15 is 0 Å². The Labute approximate surface area is 155 Å². The van der Waals surface area contributed by atoms with Gasteiger partial charge in [0.25, 0.3) is 0 Å². The monoisotopic (exact) mass is 382 g/mol. The second kappa shape index (κ2) is 7.64. The summed E-state index contributed by atoms with van der Waals surface area (Å²) in [6.07, 6.45) is 7.06. The molecule has 1 heterocycles. The number of hydrogen-bond acceptors (Lipinski definition) is 3. The van der Waals surface area contributed by atoms with E-state index in [4.69, 9.17) is 0 Å². The Kier molecular flexibility index (Phi) is 5.67. The number of sulfonamides is 1. The Morgan fingerprint density at radius 2 is 2.04 bits per heavy atom. The van der Waals surface area contributed by atoms with E-state index < -0.39 is 15.4 Å². The minimum Gasteiger partial charge on any atom is -0.341 e. The minimum absolute atomic E-state index is 0.0965. The van der Waals surface area contributed by atoms with Crippen molar-refractivity contribution in [1.82, 2.24) is 9.62 Å². The summed E-state index contributed by atoms with van der Waals surface area (Å²) in [6.45, 7) is 0.980. The molecule has 2 fully saturated rings. The smallest absolute Gasteiger partial charge is 0.229 e. The predicted octanol–water partition coefficient (Wildman–Crippen LogP) is 2.47. The van der Waals surface area contributed by atoms with E-state index in [1.165, 1.54) is 12.1 Å². The molecule has 0 radical (unpaired) electrons. The molecule has 1 saturated heterocycles. The summed E-state index contributed by atoms with van der Waals surface area (Å²) >= 11 is 0. The first-order chi connectivity index (χ1) is 12.3. The van der Waals surface area contributed by atoms with Crippen molar-refractivity contribution >= 4 is 15.9 Å². The standard InChI is InChI=1S/C19H27FN2O3S/c1-26(24,25)21-17-8-11-22(14-17)18(23)19(9-3-2-4-10-19)13-15-6-5-7-16(20)12-15/h5-7,12,17,21H,2-4,8-11,13-14H2,1H3/t17-/m1/s1. The van der Waals surface area contributed by atoms with Crippen molar-refractivity contribution in [2.45, 2.75) is 51.0 Å². The van der Waals surface area contributed by atoms with Crippen LogP contribution in [0.25, 0.3) is 0 Å². The molecule has 1 N–H and O–H groups in total. The normalized spacial score (nSPS) is 23.2. The number of amides is 1. The third kappa shape index (κ3) is 4.62. The van der Waals surface area contributed by atoms with Gasteiger partial charge in [-0.05, 0) is 43.4 Å². The number of likely N-dealkylation sites (tertiary alicyclic amines) is 1. The molecule has 1 aliphatic heterocycles. The summed E-state index contributed by atoms with van der Waals surface area (Å²) in [7, 11) is -3.28. The number of benzene rings is 1. The first-order valence-corrected chi connectivity index (χ1v) is 11.2. The number of carbonyl (C=O) groups is 1. The van der Waals surface area contributed by atoms with Crippen molar-refractivity contribution in [3.8, 4) is 0 Å². The highest BCUT2D eigenvalue weighted by Crippen LogP contribution is 2.41. The lowest BCUT2D eigenvalue weighted by molar-refractivity contribution is -0.143. The van der Waals surface area contributed by atoms with Gasteiger partial charge in [-0.1, -0.05) is 31.4 Å². The van der Waals surface area contributed by atoms with E-state index in [1.807, 2.05) is 6.07 Å². The molecule has 1 aromatic rings. The molecular weight excluding hydrogens is 355 g/mol. The highest BCUT2D eigenvalue weighted by molar-refractivity contribution is 7.88. The molecule has 2 aliphatic rings. The Hall–Kier alpha value is -1.47. The van der Waals surface area contributed by atoms with Crippen LogP contribution in [0.15, 0.2) is 24.3 Å². The van der Waals surface area contributed by atoms with Crippen LogP contribution in [0.3, 0.4) is 0 Å². The summed E-state index contributed by atoms with van der Waals surface area (Å²) in [5.74, 6) is -0.182. The van der Waals surface area contributed by atoms with Crippen molar-refractivity contribution in [3.63, 3.8) is 0 Å². The van der Waals surface area contributed by atoms with Gasteiger partial charge in [-0.3, -0.25) is 4.79 Å². The summed E-state index contributed by atoms with van der Waals surface area (Å²) in [5.41, 5.74) is 0.358. The highest BCUT2D eigenvalue weighted by atomic mass is 32.2. The molecule has 0 spiro atoms. The maximum atomic E-state index is 13.6. The first kappa shape index (κ1) is 19.3. The molecule has 0 aromatic heterocycles. The molecule has 3 rings (SSSR count). The first-order valence-electron chi connectivity index (χ1n) is 9.29. The van der Waals surface area contributed by atoms with Crippen LogP contribution in [0, 0.1) is 11.2 Å². The summed E-state index contributed by atoms with van der Waals surface area (Å²) in [5, 5.41) is 0. The number of halogens is 1. The van der Waals surface area contributed by atoms with E-state index in [2.05, 4.69) is 4.72 Å². The molecule has 144 valence electrons. The molecule has 1 aliphatic carbocycles. The van der Waals surface area contributed by atoms with Crippen LogP contribution in [0.1, 0.15) is 44.1 Å². The molecule has 0 bridgehead atoms. The fourth-order valence-corrected chi connectivity index (χ4v) is 5.21. The number of hydrogen-bond donors (Lipinski definition) is 1. The fourth-order valence-electron chi connectivity index (χ4n) is 4.41. The van der Waals surface area contributed by atoms with Crippen molar-refractivity contribution in [3.05, 3.63) is 35.6 Å². The van der Waals surface area contributed by atoms with Gasteiger partial charge in [0.1, 0.15) is 5.82 Å². The highest BCUT2D eigenvalue weighted by Gasteiger charge is 2.43. The molecule has 1 atom stereocenters. The quantitative estimate of drug-likeness (QED) is 0.851. The predicted molar refractivity (Wildman–Crippen MR) is 98.6 cm³/mol. The number of nitrogens with zero attached hydrogens (tertiary/aromatic N) is 1. The molecule has 5 nitrogen and oxygen atoms in total. The Balaban J connectivity index is 1.76. The van der Waals surface area contributed by atoms with Gasteiger partial charge in [0.2, 0.25) is 15.9 Å².